The number of benzene rings is 1. The molecule has 0 aliphatic heterocycles. The van der Waals surface area contributed by atoms with Crippen LogP contribution in [0.4, 0.5) is 11.5 Å². The SMILES string of the molecule is COCCCNc1cc(C(=O)Nc2cc(Cl)ccc2Cl)ccn1. The van der Waals surface area contributed by atoms with Gasteiger partial charge in [0, 0.05) is 37.0 Å². The van der Waals surface area contributed by atoms with Crippen LogP contribution < -0.4 is 10.6 Å². The van der Waals surface area contributed by atoms with E-state index in [4.69, 9.17) is 27.9 Å². The minimum absolute atomic E-state index is 0.281. The molecule has 23 heavy (non-hydrogen) atoms. The summed E-state index contributed by atoms with van der Waals surface area (Å²) < 4.78 is 4.98. The molecule has 0 radical (unpaired) electrons. The van der Waals surface area contributed by atoms with Crippen LogP contribution in [0.5, 0.6) is 0 Å². The molecule has 122 valence electrons. The van der Waals surface area contributed by atoms with Gasteiger partial charge in [0.1, 0.15) is 5.82 Å². The standard InChI is InChI=1S/C16H17Cl2N3O2/c1-23-8-2-6-19-15-9-11(5-7-20-15)16(22)21-14-10-12(17)3-4-13(14)18/h3-5,7,9-10H,2,6,8H2,1H3,(H,19,20)(H,21,22). The molecule has 1 aromatic carbocycles. The fraction of sp³-hybridized carbons (Fsp3) is 0.250. The van der Waals surface area contributed by atoms with E-state index in [1.165, 1.54) is 0 Å². The number of carbonyl (C=O) groups is 1. The number of rotatable bonds is 7. The summed E-state index contributed by atoms with van der Waals surface area (Å²) in [7, 11) is 1.66. The summed E-state index contributed by atoms with van der Waals surface area (Å²) in [5.74, 6) is 0.349. The molecule has 0 fully saturated rings. The van der Waals surface area contributed by atoms with E-state index in [-0.39, 0.29) is 5.91 Å². The Kier molecular flexibility index (Phi) is 6.65. The lowest BCUT2D eigenvalue weighted by Crippen LogP contribution is -2.13. The van der Waals surface area contributed by atoms with Gasteiger partial charge in [0.2, 0.25) is 0 Å². The van der Waals surface area contributed by atoms with Gasteiger partial charge in [0.25, 0.3) is 5.91 Å². The number of methoxy groups -OCH3 is 1. The number of amides is 1. The second-order valence-electron chi connectivity index (χ2n) is 4.78. The van der Waals surface area contributed by atoms with Gasteiger partial charge in [0.15, 0.2) is 0 Å². The van der Waals surface area contributed by atoms with Crippen LogP contribution >= 0.6 is 23.2 Å². The molecule has 2 N–H and O–H groups in total. The predicted molar refractivity (Wildman–Crippen MR) is 93.6 cm³/mol. The van der Waals surface area contributed by atoms with Crippen LogP contribution in [0, 0.1) is 0 Å². The molecule has 5 nitrogen and oxygen atoms in total. The Bertz CT molecular complexity index is 680. The summed E-state index contributed by atoms with van der Waals surface area (Å²) in [6, 6.07) is 8.21. The normalized spacial score (nSPS) is 10.4. The highest BCUT2D eigenvalue weighted by Gasteiger charge is 2.10. The van der Waals surface area contributed by atoms with Crippen molar-refractivity contribution in [2.75, 3.05) is 30.9 Å². The van der Waals surface area contributed by atoms with E-state index in [9.17, 15) is 4.79 Å². The Labute approximate surface area is 145 Å². The van der Waals surface area contributed by atoms with Crippen molar-refractivity contribution in [2.45, 2.75) is 6.42 Å². The van der Waals surface area contributed by atoms with Gasteiger partial charge in [-0.15, -0.1) is 0 Å². The summed E-state index contributed by atoms with van der Waals surface area (Å²) in [6.45, 7) is 1.38. The van der Waals surface area contributed by atoms with Gasteiger partial charge < -0.3 is 15.4 Å². The summed E-state index contributed by atoms with van der Waals surface area (Å²) in [5.41, 5.74) is 0.945. The van der Waals surface area contributed by atoms with Crippen LogP contribution in [0.3, 0.4) is 0 Å². The van der Waals surface area contributed by atoms with Crippen molar-refractivity contribution in [1.29, 1.82) is 0 Å². The van der Waals surface area contributed by atoms with Gasteiger partial charge in [-0.1, -0.05) is 23.2 Å². The molecule has 0 saturated carbocycles. The van der Waals surface area contributed by atoms with Crippen molar-refractivity contribution in [3.63, 3.8) is 0 Å². The molecule has 0 atom stereocenters. The summed E-state index contributed by atoms with van der Waals surface area (Å²) in [6.07, 6.45) is 2.43. The van der Waals surface area contributed by atoms with Gasteiger partial charge in [-0.2, -0.15) is 0 Å². The zero-order chi connectivity index (χ0) is 16.7. The second kappa shape index (κ2) is 8.72. The molecular formula is C16H17Cl2N3O2. The number of nitrogens with one attached hydrogen (secondary N) is 2. The first-order chi connectivity index (χ1) is 11.1. The third kappa shape index (κ3) is 5.39. The first-order valence-corrected chi connectivity index (χ1v) is 7.81. The summed E-state index contributed by atoms with van der Waals surface area (Å²) >= 11 is 12.0. The van der Waals surface area contributed by atoms with Crippen molar-refractivity contribution < 1.29 is 9.53 Å². The minimum Gasteiger partial charge on any atom is -0.385 e. The van der Waals surface area contributed by atoms with E-state index < -0.39 is 0 Å². The molecule has 2 aromatic rings. The first-order valence-electron chi connectivity index (χ1n) is 7.05. The van der Waals surface area contributed by atoms with E-state index in [1.807, 2.05) is 0 Å². The minimum atomic E-state index is -0.281. The Morgan fingerprint density at radius 1 is 1.26 bits per heavy atom. The van der Waals surface area contributed by atoms with Crippen molar-refractivity contribution in [3.8, 4) is 0 Å². The van der Waals surface area contributed by atoms with Crippen molar-refractivity contribution in [3.05, 3.63) is 52.1 Å². The van der Waals surface area contributed by atoms with E-state index in [0.717, 1.165) is 6.42 Å². The summed E-state index contributed by atoms with van der Waals surface area (Å²) in [5, 5.41) is 6.81. The lowest BCUT2D eigenvalue weighted by Gasteiger charge is -2.09. The number of hydrogen-bond acceptors (Lipinski definition) is 4. The van der Waals surface area contributed by atoms with E-state index in [0.29, 0.717) is 40.3 Å². The average molecular weight is 354 g/mol. The molecule has 1 heterocycles. The molecule has 2 rings (SSSR count). The largest absolute Gasteiger partial charge is 0.385 e. The van der Waals surface area contributed by atoms with Crippen LogP contribution in [-0.2, 0) is 4.74 Å². The zero-order valence-corrected chi connectivity index (χ0v) is 14.1. The Morgan fingerprint density at radius 3 is 2.87 bits per heavy atom. The third-order valence-corrected chi connectivity index (χ3v) is 3.59. The second-order valence-corrected chi connectivity index (χ2v) is 5.62. The number of carbonyl (C=O) groups excluding carboxylic acids is 1. The van der Waals surface area contributed by atoms with Crippen molar-refractivity contribution in [1.82, 2.24) is 4.98 Å². The first kappa shape index (κ1) is 17.5. The van der Waals surface area contributed by atoms with Crippen LogP contribution in [-0.4, -0.2) is 31.2 Å². The Hall–Kier alpha value is -1.82. The molecule has 0 unspecified atom stereocenters. The fourth-order valence-corrected chi connectivity index (χ4v) is 2.23. The van der Waals surface area contributed by atoms with Crippen LogP contribution in [0.15, 0.2) is 36.5 Å². The van der Waals surface area contributed by atoms with Crippen LogP contribution in [0.2, 0.25) is 10.0 Å². The predicted octanol–water partition coefficient (Wildman–Crippen LogP) is 4.09. The molecular weight excluding hydrogens is 337 g/mol. The van der Waals surface area contributed by atoms with Gasteiger partial charge in [-0.3, -0.25) is 4.79 Å². The highest BCUT2D eigenvalue weighted by atomic mass is 35.5. The number of halogens is 2. The Balaban J connectivity index is 2.03. The van der Waals surface area contributed by atoms with Gasteiger partial charge in [0.05, 0.1) is 10.7 Å². The van der Waals surface area contributed by atoms with E-state index in [1.54, 1.807) is 43.6 Å². The lowest BCUT2D eigenvalue weighted by atomic mass is 10.2. The van der Waals surface area contributed by atoms with Gasteiger partial charge in [-0.25, -0.2) is 4.98 Å². The Morgan fingerprint density at radius 2 is 2.09 bits per heavy atom. The van der Waals surface area contributed by atoms with Crippen molar-refractivity contribution >= 4 is 40.6 Å². The third-order valence-electron chi connectivity index (χ3n) is 3.03. The van der Waals surface area contributed by atoms with Gasteiger partial charge in [-0.05, 0) is 36.8 Å². The smallest absolute Gasteiger partial charge is 0.255 e. The summed E-state index contributed by atoms with van der Waals surface area (Å²) in [4.78, 5) is 16.5. The number of ether oxygens (including phenoxy) is 1. The fourth-order valence-electron chi connectivity index (χ4n) is 1.89. The maximum absolute atomic E-state index is 12.3. The van der Waals surface area contributed by atoms with Gasteiger partial charge >= 0.3 is 0 Å². The molecule has 0 bridgehead atoms. The molecule has 7 heteroatoms. The monoisotopic (exact) mass is 353 g/mol. The number of aromatic nitrogens is 1. The van der Waals surface area contributed by atoms with E-state index in [2.05, 4.69) is 15.6 Å². The average Bonchev–Trinajstić information content (AvgIpc) is 2.55. The van der Waals surface area contributed by atoms with Crippen LogP contribution in [0.25, 0.3) is 0 Å². The molecule has 0 aliphatic carbocycles. The molecule has 1 aromatic heterocycles. The highest BCUT2D eigenvalue weighted by molar-refractivity contribution is 6.35. The highest BCUT2D eigenvalue weighted by Crippen LogP contribution is 2.26. The van der Waals surface area contributed by atoms with Crippen molar-refractivity contribution in [2.24, 2.45) is 0 Å². The lowest BCUT2D eigenvalue weighted by molar-refractivity contribution is 0.102. The molecule has 0 saturated heterocycles. The number of nitrogens with zero attached hydrogens (tertiary/aromatic N) is 1. The maximum Gasteiger partial charge on any atom is 0.255 e. The molecule has 0 spiro atoms. The number of anilines is 2. The number of hydrogen-bond donors (Lipinski definition) is 2. The van der Waals surface area contributed by atoms with E-state index >= 15 is 0 Å². The zero-order valence-electron chi connectivity index (χ0n) is 12.6. The topological polar surface area (TPSA) is 63.2 Å². The number of pyridine rings is 1. The van der Waals surface area contributed by atoms with Crippen LogP contribution in [0.1, 0.15) is 16.8 Å². The molecule has 0 aliphatic rings. The molecule has 1 amide bonds. The maximum atomic E-state index is 12.3. The quantitative estimate of drug-likeness (QED) is 0.735.